The third-order valence-corrected chi connectivity index (χ3v) is 4.07. The topological polar surface area (TPSA) is 40.5 Å². The molecule has 92 valence electrons. The summed E-state index contributed by atoms with van der Waals surface area (Å²) in [6.45, 7) is 4.11. The van der Waals surface area contributed by atoms with Crippen molar-refractivity contribution < 1.29 is 9.90 Å². The molecule has 0 bridgehead atoms. The highest BCUT2D eigenvalue weighted by Gasteiger charge is 2.25. The van der Waals surface area contributed by atoms with E-state index in [0.717, 1.165) is 31.6 Å². The van der Waals surface area contributed by atoms with E-state index in [1.54, 1.807) is 6.07 Å². The zero-order valence-electron chi connectivity index (χ0n) is 9.82. The maximum atomic E-state index is 11.3. The lowest BCUT2D eigenvalue weighted by atomic mass is 10.1. The van der Waals surface area contributed by atoms with Gasteiger partial charge in [-0.2, -0.15) is 0 Å². The van der Waals surface area contributed by atoms with E-state index in [1.165, 1.54) is 0 Å². The Morgan fingerprint density at radius 2 is 2.35 bits per heavy atom. The molecule has 1 fully saturated rings. The normalized spacial score (nSPS) is 19.6. The molecule has 1 aromatic carbocycles. The summed E-state index contributed by atoms with van der Waals surface area (Å²) in [5.74, 6) is -0.178. The van der Waals surface area contributed by atoms with E-state index in [4.69, 9.17) is 0 Å². The quantitative estimate of drug-likeness (QED) is 0.930. The van der Waals surface area contributed by atoms with E-state index in [-0.39, 0.29) is 0 Å². The van der Waals surface area contributed by atoms with Crippen LogP contribution >= 0.6 is 15.9 Å². The van der Waals surface area contributed by atoms with Crippen molar-refractivity contribution in [3.8, 4) is 0 Å². The fourth-order valence-corrected chi connectivity index (χ4v) is 2.90. The molecule has 4 heteroatoms. The molecular weight excluding hydrogens is 282 g/mol. The SMILES string of the molecule is CCC1CCN(c2cccc(Br)c2C(=O)O)C1. The van der Waals surface area contributed by atoms with E-state index in [9.17, 15) is 9.90 Å². The number of carboxylic acid groups (broad SMARTS) is 1. The standard InChI is InChI=1S/C13H16BrNO2/c1-2-9-6-7-15(8-9)11-5-3-4-10(14)12(11)13(16)17/h3-5,9H,2,6-8H2,1H3,(H,16,17). The van der Waals surface area contributed by atoms with Crippen molar-refractivity contribution in [2.45, 2.75) is 19.8 Å². The third-order valence-electron chi connectivity index (χ3n) is 3.41. The predicted octanol–water partition coefficient (Wildman–Crippen LogP) is 3.38. The molecule has 1 unspecified atom stereocenters. The predicted molar refractivity (Wildman–Crippen MR) is 71.7 cm³/mol. The van der Waals surface area contributed by atoms with Crippen molar-refractivity contribution in [3.63, 3.8) is 0 Å². The molecule has 0 aromatic heterocycles. The molecule has 1 atom stereocenters. The van der Waals surface area contributed by atoms with Crippen LogP contribution in [-0.2, 0) is 0 Å². The first-order valence-electron chi connectivity index (χ1n) is 5.90. The van der Waals surface area contributed by atoms with E-state index >= 15 is 0 Å². The van der Waals surface area contributed by atoms with Gasteiger partial charge in [-0.25, -0.2) is 4.79 Å². The highest BCUT2D eigenvalue weighted by atomic mass is 79.9. The third kappa shape index (κ3) is 2.46. The number of anilines is 1. The number of rotatable bonds is 3. The molecule has 0 radical (unpaired) electrons. The fraction of sp³-hybridized carbons (Fsp3) is 0.462. The Morgan fingerprint density at radius 3 is 2.94 bits per heavy atom. The van der Waals surface area contributed by atoms with Gasteiger partial charge in [0.2, 0.25) is 0 Å². The molecule has 1 aliphatic heterocycles. The number of benzene rings is 1. The van der Waals surface area contributed by atoms with Crippen molar-refractivity contribution in [2.75, 3.05) is 18.0 Å². The lowest BCUT2D eigenvalue weighted by Gasteiger charge is -2.21. The van der Waals surface area contributed by atoms with Crippen LogP contribution in [-0.4, -0.2) is 24.2 Å². The van der Waals surface area contributed by atoms with Gasteiger partial charge in [0, 0.05) is 17.6 Å². The molecule has 1 saturated heterocycles. The summed E-state index contributed by atoms with van der Waals surface area (Å²) in [6.07, 6.45) is 2.31. The number of carboxylic acids is 1. The smallest absolute Gasteiger partial charge is 0.338 e. The molecular formula is C13H16BrNO2. The lowest BCUT2D eigenvalue weighted by molar-refractivity contribution is 0.0696. The maximum Gasteiger partial charge on any atom is 0.338 e. The molecule has 0 amide bonds. The van der Waals surface area contributed by atoms with E-state index in [2.05, 4.69) is 27.8 Å². The van der Waals surface area contributed by atoms with Gasteiger partial charge in [0.15, 0.2) is 0 Å². The van der Waals surface area contributed by atoms with Crippen LogP contribution in [0.1, 0.15) is 30.1 Å². The average molecular weight is 298 g/mol. The molecule has 2 rings (SSSR count). The number of aromatic carboxylic acids is 1. The molecule has 3 nitrogen and oxygen atoms in total. The minimum Gasteiger partial charge on any atom is -0.478 e. The zero-order chi connectivity index (χ0) is 12.4. The van der Waals surface area contributed by atoms with Crippen LogP contribution in [0.3, 0.4) is 0 Å². The molecule has 1 heterocycles. The van der Waals surface area contributed by atoms with Crippen molar-refractivity contribution in [2.24, 2.45) is 5.92 Å². The van der Waals surface area contributed by atoms with Crippen molar-refractivity contribution in [1.29, 1.82) is 0 Å². The summed E-state index contributed by atoms with van der Waals surface area (Å²) in [5.41, 5.74) is 1.21. The monoisotopic (exact) mass is 297 g/mol. The Morgan fingerprint density at radius 1 is 1.59 bits per heavy atom. The molecule has 1 N–H and O–H groups in total. The Balaban J connectivity index is 2.33. The van der Waals surface area contributed by atoms with Crippen LogP contribution in [0.15, 0.2) is 22.7 Å². The summed E-state index contributed by atoms with van der Waals surface area (Å²) >= 11 is 3.32. The lowest BCUT2D eigenvalue weighted by Crippen LogP contribution is -2.22. The number of hydrogen-bond donors (Lipinski definition) is 1. The van der Waals surface area contributed by atoms with Gasteiger partial charge in [-0.15, -0.1) is 0 Å². The first kappa shape index (κ1) is 12.4. The first-order valence-corrected chi connectivity index (χ1v) is 6.69. The number of halogens is 1. The van der Waals surface area contributed by atoms with Gasteiger partial charge in [-0.3, -0.25) is 0 Å². The molecule has 1 aromatic rings. The van der Waals surface area contributed by atoms with E-state index < -0.39 is 5.97 Å². The fourth-order valence-electron chi connectivity index (χ4n) is 2.37. The second kappa shape index (κ2) is 5.08. The van der Waals surface area contributed by atoms with Gasteiger partial charge in [-0.1, -0.05) is 19.4 Å². The van der Waals surface area contributed by atoms with Gasteiger partial charge >= 0.3 is 5.97 Å². The van der Waals surface area contributed by atoms with Gasteiger partial charge in [0.1, 0.15) is 0 Å². The van der Waals surface area contributed by atoms with E-state index in [1.807, 2.05) is 12.1 Å². The zero-order valence-corrected chi connectivity index (χ0v) is 11.4. The van der Waals surface area contributed by atoms with Gasteiger partial charge in [-0.05, 0) is 40.4 Å². The van der Waals surface area contributed by atoms with Crippen LogP contribution in [0, 0.1) is 5.92 Å². The van der Waals surface area contributed by atoms with Crippen LogP contribution in [0.25, 0.3) is 0 Å². The largest absolute Gasteiger partial charge is 0.478 e. The molecule has 0 spiro atoms. The van der Waals surface area contributed by atoms with Crippen LogP contribution < -0.4 is 4.90 Å². The van der Waals surface area contributed by atoms with Crippen molar-refractivity contribution >= 4 is 27.6 Å². The molecule has 0 aliphatic carbocycles. The summed E-state index contributed by atoms with van der Waals surface area (Å²) < 4.78 is 0.655. The number of nitrogens with zero attached hydrogens (tertiary/aromatic N) is 1. The van der Waals surface area contributed by atoms with Crippen molar-refractivity contribution in [3.05, 3.63) is 28.2 Å². The second-order valence-corrected chi connectivity index (χ2v) is 5.30. The van der Waals surface area contributed by atoms with Crippen LogP contribution in [0.4, 0.5) is 5.69 Å². The maximum absolute atomic E-state index is 11.3. The van der Waals surface area contributed by atoms with Gasteiger partial charge in [0.25, 0.3) is 0 Å². The van der Waals surface area contributed by atoms with Crippen LogP contribution in [0.5, 0.6) is 0 Å². The second-order valence-electron chi connectivity index (χ2n) is 4.45. The summed E-state index contributed by atoms with van der Waals surface area (Å²) in [6, 6.07) is 5.57. The molecule has 1 aliphatic rings. The first-order chi connectivity index (χ1) is 8.13. The Hall–Kier alpha value is -1.03. The minimum atomic E-state index is -0.868. The Kier molecular flexibility index (Phi) is 3.72. The van der Waals surface area contributed by atoms with Gasteiger partial charge < -0.3 is 10.0 Å². The summed E-state index contributed by atoms with van der Waals surface area (Å²) in [4.78, 5) is 13.5. The number of carbonyl (C=O) groups is 1. The highest BCUT2D eigenvalue weighted by Crippen LogP contribution is 2.32. The van der Waals surface area contributed by atoms with Gasteiger partial charge in [0.05, 0.1) is 11.3 Å². The number of hydrogen-bond acceptors (Lipinski definition) is 2. The molecule has 0 saturated carbocycles. The Labute approximate surface area is 110 Å². The van der Waals surface area contributed by atoms with Crippen LogP contribution in [0.2, 0.25) is 0 Å². The summed E-state index contributed by atoms with van der Waals surface area (Å²) in [5, 5.41) is 9.27. The highest BCUT2D eigenvalue weighted by molar-refractivity contribution is 9.10. The summed E-state index contributed by atoms with van der Waals surface area (Å²) in [7, 11) is 0. The van der Waals surface area contributed by atoms with Crippen molar-refractivity contribution in [1.82, 2.24) is 0 Å². The molecule has 17 heavy (non-hydrogen) atoms. The Bertz CT molecular complexity index is 433. The minimum absolute atomic E-state index is 0.379. The average Bonchev–Trinajstić information content (AvgIpc) is 2.76. The van der Waals surface area contributed by atoms with E-state index in [0.29, 0.717) is 16.0 Å².